The molecule has 2 nitrogen and oxygen atoms in total. The molecule has 0 N–H and O–H groups in total. The van der Waals surface area contributed by atoms with Crippen molar-refractivity contribution in [3.63, 3.8) is 0 Å². The van der Waals surface area contributed by atoms with Gasteiger partial charge in [-0.15, -0.1) is 0 Å². The smallest absolute Gasteiger partial charge is 0.165 e. The number of halogens is 1. The van der Waals surface area contributed by atoms with E-state index >= 15 is 0 Å². The van der Waals surface area contributed by atoms with Gasteiger partial charge >= 0.3 is 0 Å². The Morgan fingerprint density at radius 2 is 2.17 bits per heavy atom. The maximum absolute atomic E-state index is 5.42. The zero-order valence-electron chi connectivity index (χ0n) is 7.13. The van der Waals surface area contributed by atoms with E-state index < -0.39 is 0 Å². The molecule has 0 heterocycles. The second-order valence-corrected chi connectivity index (χ2v) is 2.98. The normalized spacial score (nSPS) is 9.58. The topological polar surface area (TPSA) is 18.5 Å². The van der Waals surface area contributed by atoms with Gasteiger partial charge in [0.1, 0.15) is 4.61 Å². The molecule has 0 fully saturated rings. The molecule has 0 aliphatic carbocycles. The van der Waals surface area contributed by atoms with E-state index in [1.54, 1.807) is 7.11 Å². The highest BCUT2D eigenvalue weighted by atomic mass is 127. The van der Waals surface area contributed by atoms with Crippen LogP contribution in [0.1, 0.15) is 5.56 Å². The van der Waals surface area contributed by atoms with Crippen LogP contribution in [-0.4, -0.2) is 11.7 Å². The number of rotatable bonds is 3. The Morgan fingerprint density at radius 3 is 2.75 bits per heavy atom. The fourth-order valence-electron chi connectivity index (χ4n) is 1.03. The number of hydrogen-bond acceptors (Lipinski definition) is 2. The molecule has 1 aromatic carbocycles. The monoisotopic (exact) mass is 278 g/mol. The second-order valence-electron chi connectivity index (χ2n) is 2.36. The van der Waals surface area contributed by atoms with Crippen molar-refractivity contribution in [3.8, 4) is 11.5 Å². The van der Waals surface area contributed by atoms with Crippen molar-refractivity contribution in [2.45, 2.75) is 6.92 Å². The standard InChI is InChI=1S/C9H11IO2/c1-7-4-3-5-8(11-2)9(7)12-6-10/h3-5H,6H2,1-2H3. The van der Waals surface area contributed by atoms with Crippen LogP contribution in [0.5, 0.6) is 11.5 Å². The number of methoxy groups -OCH3 is 1. The van der Waals surface area contributed by atoms with Crippen molar-refractivity contribution in [1.29, 1.82) is 0 Å². The Balaban J connectivity index is 3.02. The zero-order chi connectivity index (χ0) is 8.97. The molecule has 0 aliphatic heterocycles. The number of benzene rings is 1. The van der Waals surface area contributed by atoms with Crippen molar-refractivity contribution < 1.29 is 9.47 Å². The molecule has 1 aromatic rings. The molecule has 3 heteroatoms. The largest absolute Gasteiger partial charge is 0.493 e. The zero-order valence-corrected chi connectivity index (χ0v) is 9.29. The molecule has 0 saturated heterocycles. The van der Waals surface area contributed by atoms with Crippen LogP contribution in [0.2, 0.25) is 0 Å². The molecule has 0 atom stereocenters. The molecule has 0 radical (unpaired) electrons. The number of aryl methyl sites for hydroxylation is 1. The minimum absolute atomic E-state index is 0.638. The van der Waals surface area contributed by atoms with Crippen LogP contribution in [0.3, 0.4) is 0 Å². The lowest BCUT2D eigenvalue weighted by atomic mass is 10.2. The Bertz CT molecular complexity index is 261. The summed E-state index contributed by atoms with van der Waals surface area (Å²) in [4.78, 5) is 0. The summed E-state index contributed by atoms with van der Waals surface area (Å²) in [5, 5.41) is 0. The van der Waals surface area contributed by atoms with Crippen molar-refractivity contribution in [2.24, 2.45) is 0 Å². The molecule has 0 unspecified atom stereocenters. The van der Waals surface area contributed by atoms with E-state index in [9.17, 15) is 0 Å². The minimum Gasteiger partial charge on any atom is -0.493 e. The van der Waals surface area contributed by atoms with Gasteiger partial charge in [-0.05, 0) is 41.1 Å². The fourth-order valence-corrected chi connectivity index (χ4v) is 1.34. The molecule has 0 spiro atoms. The predicted molar refractivity (Wildman–Crippen MR) is 57.2 cm³/mol. The predicted octanol–water partition coefficient (Wildman–Crippen LogP) is 2.77. The number of ether oxygens (including phenoxy) is 2. The van der Waals surface area contributed by atoms with Gasteiger partial charge in [-0.3, -0.25) is 0 Å². The first kappa shape index (κ1) is 9.64. The summed E-state index contributed by atoms with van der Waals surface area (Å²) in [5.74, 6) is 1.64. The number of hydrogen-bond donors (Lipinski definition) is 0. The minimum atomic E-state index is 0.638. The highest BCUT2D eigenvalue weighted by Gasteiger charge is 2.05. The lowest BCUT2D eigenvalue weighted by Crippen LogP contribution is -1.95. The van der Waals surface area contributed by atoms with Gasteiger partial charge in [0.2, 0.25) is 0 Å². The third-order valence-corrected chi connectivity index (χ3v) is 1.91. The Morgan fingerprint density at radius 1 is 1.42 bits per heavy atom. The van der Waals surface area contributed by atoms with Gasteiger partial charge in [0.25, 0.3) is 0 Å². The highest BCUT2D eigenvalue weighted by Crippen LogP contribution is 2.30. The van der Waals surface area contributed by atoms with Crippen molar-refractivity contribution in [3.05, 3.63) is 23.8 Å². The maximum Gasteiger partial charge on any atom is 0.165 e. The van der Waals surface area contributed by atoms with Gasteiger partial charge in [-0.2, -0.15) is 0 Å². The summed E-state index contributed by atoms with van der Waals surface area (Å²) in [6.07, 6.45) is 0. The summed E-state index contributed by atoms with van der Waals surface area (Å²) < 4.78 is 11.2. The van der Waals surface area contributed by atoms with E-state index in [2.05, 4.69) is 22.6 Å². The van der Waals surface area contributed by atoms with E-state index in [0.29, 0.717) is 4.61 Å². The Labute approximate surface area is 86.0 Å². The summed E-state index contributed by atoms with van der Waals surface area (Å²) in [6, 6.07) is 5.85. The molecule has 1 rings (SSSR count). The van der Waals surface area contributed by atoms with Gasteiger partial charge in [0, 0.05) is 0 Å². The molecule has 12 heavy (non-hydrogen) atoms. The lowest BCUT2D eigenvalue weighted by molar-refractivity contribution is 0.348. The quantitative estimate of drug-likeness (QED) is 0.625. The van der Waals surface area contributed by atoms with Gasteiger partial charge in [0.05, 0.1) is 7.11 Å². The first-order chi connectivity index (χ1) is 5.79. The fraction of sp³-hybridized carbons (Fsp3) is 0.333. The van der Waals surface area contributed by atoms with E-state index in [0.717, 1.165) is 17.1 Å². The summed E-state index contributed by atoms with van der Waals surface area (Å²) in [6.45, 7) is 2.00. The van der Waals surface area contributed by atoms with Crippen LogP contribution in [-0.2, 0) is 0 Å². The molecule has 0 saturated carbocycles. The van der Waals surface area contributed by atoms with Crippen LogP contribution in [0, 0.1) is 6.92 Å². The SMILES string of the molecule is COc1cccc(C)c1OCI. The highest BCUT2D eigenvalue weighted by molar-refractivity contribution is 14.1. The van der Waals surface area contributed by atoms with Gasteiger partial charge in [0.15, 0.2) is 11.5 Å². The van der Waals surface area contributed by atoms with Crippen molar-refractivity contribution >= 4 is 22.6 Å². The lowest BCUT2D eigenvalue weighted by Gasteiger charge is -2.10. The molecular weight excluding hydrogens is 267 g/mol. The molecule has 66 valence electrons. The maximum atomic E-state index is 5.42. The van der Waals surface area contributed by atoms with Crippen LogP contribution in [0.25, 0.3) is 0 Å². The van der Waals surface area contributed by atoms with Crippen LogP contribution in [0.15, 0.2) is 18.2 Å². The molecule has 0 amide bonds. The molecule has 0 aromatic heterocycles. The van der Waals surface area contributed by atoms with Crippen molar-refractivity contribution in [2.75, 3.05) is 11.7 Å². The second kappa shape index (κ2) is 4.54. The number of alkyl halides is 1. The summed E-state index contributed by atoms with van der Waals surface area (Å²) in [5.41, 5.74) is 1.10. The van der Waals surface area contributed by atoms with E-state index in [1.165, 1.54) is 0 Å². The molecular formula is C9H11IO2. The molecule has 0 bridgehead atoms. The average Bonchev–Trinajstić information content (AvgIpc) is 2.09. The third-order valence-electron chi connectivity index (χ3n) is 1.59. The van der Waals surface area contributed by atoms with Gasteiger partial charge in [-0.25, -0.2) is 0 Å². The first-order valence-corrected chi connectivity index (χ1v) is 5.14. The third kappa shape index (κ3) is 2.03. The van der Waals surface area contributed by atoms with E-state index in [1.807, 2.05) is 25.1 Å². The van der Waals surface area contributed by atoms with E-state index in [4.69, 9.17) is 9.47 Å². The summed E-state index contributed by atoms with van der Waals surface area (Å²) >= 11 is 2.16. The van der Waals surface area contributed by atoms with Crippen molar-refractivity contribution in [1.82, 2.24) is 0 Å². The van der Waals surface area contributed by atoms with Gasteiger partial charge in [-0.1, -0.05) is 12.1 Å². The van der Waals surface area contributed by atoms with Crippen LogP contribution >= 0.6 is 22.6 Å². The Kier molecular flexibility index (Phi) is 3.65. The average molecular weight is 278 g/mol. The Hall–Kier alpha value is -0.450. The molecule has 0 aliphatic rings. The van der Waals surface area contributed by atoms with E-state index in [-0.39, 0.29) is 0 Å². The van der Waals surface area contributed by atoms with Crippen LogP contribution in [0.4, 0.5) is 0 Å². The van der Waals surface area contributed by atoms with Crippen LogP contribution < -0.4 is 9.47 Å². The summed E-state index contributed by atoms with van der Waals surface area (Å²) in [7, 11) is 1.65. The van der Waals surface area contributed by atoms with Gasteiger partial charge < -0.3 is 9.47 Å². The first-order valence-electron chi connectivity index (χ1n) is 3.62. The number of para-hydroxylation sites is 1.